The summed E-state index contributed by atoms with van der Waals surface area (Å²) < 4.78 is 55.1. The van der Waals surface area contributed by atoms with Crippen molar-refractivity contribution in [3.63, 3.8) is 0 Å². The molecule has 0 bridgehead atoms. The van der Waals surface area contributed by atoms with Crippen molar-refractivity contribution in [3.05, 3.63) is 0 Å². The highest BCUT2D eigenvalue weighted by molar-refractivity contribution is 8.03. The second-order valence-electron chi connectivity index (χ2n) is 3.88. The van der Waals surface area contributed by atoms with Gasteiger partial charge in [-0.25, -0.2) is 0 Å². The van der Waals surface area contributed by atoms with Crippen molar-refractivity contribution in [2.24, 2.45) is 0 Å². The number of hydrogen-bond donors (Lipinski definition) is 1. The van der Waals surface area contributed by atoms with Gasteiger partial charge in [-0.2, -0.15) is 16.8 Å². The molecule has 0 fully saturated rings. The minimum Gasteiger partial charge on any atom is -0.345 e. The molecule has 0 radical (unpaired) electrons. The highest BCUT2D eigenvalue weighted by atomic mass is 32.3. The summed E-state index contributed by atoms with van der Waals surface area (Å²) in [5, 5.41) is -1.61. The molecule has 0 aromatic rings. The van der Waals surface area contributed by atoms with Crippen LogP contribution in [0.15, 0.2) is 0 Å². The van der Waals surface area contributed by atoms with E-state index in [1.807, 2.05) is 6.92 Å². The quantitative estimate of drug-likeness (QED) is 0.384. The maximum Gasteiger partial charge on any atom is 0.328 e. The molecule has 18 heavy (non-hydrogen) atoms. The molecule has 9 heteroatoms. The molecule has 0 aliphatic heterocycles. The number of carbonyl (C=O) groups is 1. The zero-order chi connectivity index (χ0) is 14.2. The van der Waals surface area contributed by atoms with Crippen LogP contribution in [0, 0.1) is 0 Å². The van der Waals surface area contributed by atoms with Gasteiger partial charge in [-0.15, -0.1) is 0 Å². The third-order valence-corrected chi connectivity index (χ3v) is 4.78. The summed E-state index contributed by atoms with van der Waals surface area (Å²) in [6, 6.07) is 0. The molecular weight excluding hydrogens is 284 g/mol. The van der Waals surface area contributed by atoms with Crippen LogP contribution in [0.1, 0.15) is 45.4 Å². The first kappa shape index (κ1) is 17.3. The summed E-state index contributed by atoms with van der Waals surface area (Å²) in [6.07, 6.45) is 4.21. The molecule has 0 amide bonds. The average Bonchev–Trinajstić information content (AvgIpc) is 2.12. The van der Waals surface area contributed by atoms with Gasteiger partial charge in [0.15, 0.2) is 0 Å². The molecule has 0 aliphatic rings. The summed E-state index contributed by atoms with van der Waals surface area (Å²) in [6.45, 7) is 2.04. The lowest BCUT2D eigenvalue weighted by Gasteiger charge is -2.04. The lowest BCUT2D eigenvalue weighted by molar-refractivity contribution is -0.133. The Bertz CT molecular complexity index is 449. The lowest BCUT2D eigenvalue weighted by Crippen LogP contribution is -2.21. The molecular formula is C9H18O7S2. The van der Waals surface area contributed by atoms with E-state index in [1.54, 1.807) is 0 Å². The van der Waals surface area contributed by atoms with Gasteiger partial charge in [0.2, 0.25) is 5.08 Å². The maximum absolute atomic E-state index is 11.1. The van der Waals surface area contributed by atoms with Gasteiger partial charge in [0.1, 0.15) is 0 Å². The monoisotopic (exact) mass is 302 g/mol. The van der Waals surface area contributed by atoms with Crippen molar-refractivity contribution < 1.29 is 30.4 Å². The van der Waals surface area contributed by atoms with Crippen LogP contribution < -0.4 is 0 Å². The second kappa shape index (κ2) is 7.70. The largest absolute Gasteiger partial charge is 0.345 e. The summed E-state index contributed by atoms with van der Waals surface area (Å²) in [7, 11) is -9.30. The smallest absolute Gasteiger partial charge is 0.328 e. The van der Waals surface area contributed by atoms with Crippen LogP contribution in [-0.2, 0) is 29.2 Å². The van der Waals surface area contributed by atoms with E-state index in [0.29, 0.717) is 6.42 Å². The molecule has 0 atom stereocenters. The van der Waals surface area contributed by atoms with Crippen molar-refractivity contribution >= 4 is 26.2 Å². The molecule has 0 unspecified atom stereocenters. The average molecular weight is 302 g/mol. The van der Waals surface area contributed by atoms with E-state index in [-0.39, 0.29) is 6.42 Å². The fourth-order valence-electron chi connectivity index (χ4n) is 1.26. The van der Waals surface area contributed by atoms with Crippen LogP contribution in [0.3, 0.4) is 0 Å². The number of hydrogen-bond acceptors (Lipinski definition) is 6. The molecule has 0 aromatic heterocycles. The number of unbranched alkanes of at least 4 members (excludes halogenated alkanes) is 4. The minimum absolute atomic E-state index is 0.0889. The van der Waals surface area contributed by atoms with E-state index in [0.717, 1.165) is 25.7 Å². The topological polar surface area (TPSA) is 115 Å². The van der Waals surface area contributed by atoms with Crippen LogP contribution in [0.2, 0.25) is 0 Å². The first-order valence-electron chi connectivity index (χ1n) is 5.56. The lowest BCUT2D eigenvalue weighted by atomic mass is 10.1. The van der Waals surface area contributed by atoms with Crippen LogP contribution in [-0.4, -0.2) is 32.4 Å². The molecule has 0 saturated heterocycles. The third kappa shape index (κ3) is 10.5. The second-order valence-corrected chi connectivity index (χ2v) is 7.27. The summed E-state index contributed by atoms with van der Waals surface area (Å²) in [5.74, 6) is -1.00. The molecule has 0 rings (SSSR count). The Hall–Kier alpha value is -0.670. The first-order chi connectivity index (χ1) is 8.16. The standard InChI is InChI=1S/C9H18O7S2/c1-2-3-4-5-6-7-9(10)16-18(14,15)8-17(11,12)13/h2-8H2,1H3,(H,11,12,13). The van der Waals surface area contributed by atoms with Crippen molar-refractivity contribution in [1.29, 1.82) is 0 Å². The van der Waals surface area contributed by atoms with Gasteiger partial charge in [0.05, 0.1) is 0 Å². The van der Waals surface area contributed by atoms with E-state index >= 15 is 0 Å². The SMILES string of the molecule is CCCCCCCC(=O)OS(=O)(=O)CS(=O)(=O)O. The van der Waals surface area contributed by atoms with Crippen molar-refractivity contribution in [2.45, 2.75) is 45.4 Å². The van der Waals surface area contributed by atoms with E-state index in [1.165, 1.54) is 0 Å². The Morgan fingerprint density at radius 2 is 1.61 bits per heavy atom. The molecule has 0 spiro atoms. The predicted octanol–water partition coefficient (Wildman–Crippen LogP) is 1.07. The third-order valence-electron chi connectivity index (χ3n) is 2.00. The fraction of sp³-hybridized carbons (Fsp3) is 0.889. The fourth-order valence-corrected chi connectivity index (χ4v) is 3.28. The van der Waals surface area contributed by atoms with Crippen LogP contribution in [0.4, 0.5) is 0 Å². The Morgan fingerprint density at radius 3 is 2.11 bits per heavy atom. The van der Waals surface area contributed by atoms with Gasteiger partial charge in [-0.1, -0.05) is 32.6 Å². The maximum atomic E-state index is 11.1. The molecule has 0 saturated carbocycles. The first-order valence-corrected chi connectivity index (χ1v) is 8.75. The van der Waals surface area contributed by atoms with E-state index in [2.05, 4.69) is 4.18 Å². The van der Waals surface area contributed by atoms with Gasteiger partial charge in [0, 0.05) is 6.42 Å². The number of carbonyl (C=O) groups excluding carboxylic acids is 1. The Balaban J connectivity index is 4.01. The molecule has 108 valence electrons. The van der Waals surface area contributed by atoms with Crippen LogP contribution in [0.25, 0.3) is 0 Å². The highest BCUT2D eigenvalue weighted by Gasteiger charge is 2.24. The molecule has 0 aliphatic carbocycles. The van der Waals surface area contributed by atoms with Crippen molar-refractivity contribution in [2.75, 3.05) is 5.08 Å². The van der Waals surface area contributed by atoms with Gasteiger partial charge in [-0.05, 0) is 6.42 Å². The number of rotatable bonds is 9. The van der Waals surface area contributed by atoms with E-state index in [9.17, 15) is 21.6 Å². The summed E-state index contributed by atoms with van der Waals surface area (Å²) in [5.41, 5.74) is 0. The Kier molecular flexibility index (Phi) is 7.41. The van der Waals surface area contributed by atoms with Gasteiger partial charge >= 0.3 is 16.1 Å². The van der Waals surface area contributed by atoms with Gasteiger partial charge in [-0.3, -0.25) is 9.35 Å². The molecule has 0 heterocycles. The predicted molar refractivity (Wildman–Crippen MR) is 64.8 cm³/mol. The van der Waals surface area contributed by atoms with Crippen molar-refractivity contribution in [1.82, 2.24) is 0 Å². The Morgan fingerprint density at radius 1 is 1.06 bits per heavy atom. The van der Waals surface area contributed by atoms with Gasteiger partial charge in [0.25, 0.3) is 10.1 Å². The summed E-state index contributed by atoms with van der Waals surface area (Å²) in [4.78, 5) is 11.1. The van der Waals surface area contributed by atoms with Crippen molar-refractivity contribution in [3.8, 4) is 0 Å². The molecule has 7 nitrogen and oxygen atoms in total. The van der Waals surface area contributed by atoms with Crippen LogP contribution in [0.5, 0.6) is 0 Å². The van der Waals surface area contributed by atoms with E-state index < -0.39 is 31.3 Å². The molecule has 0 aromatic carbocycles. The molecule has 1 N–H and O–H groups in total. The Labute approximate surface area is 107 Å². The highest BCUT2D eigenvalue weighted by Crippen LogP contribution is 2.07. The normalized spacial score (nSPS) is 12.3. The van der Waals surface area contributed by atoms with E-state index in [4.69, 9.17) is 4.55 Å². The van der Waals surface area contributed by atoms with Gasteiger partial charge < -0.3 is 4.18 Å². The zero-order valence-corrected chi connectivity index (χ0v) is 11.8. The minimum atomic E-state index is -4.73. The zero-order valence-electron chi connectivity index (χ0n) is 10.2. The summed E-state index contributed by atoms with van der Waals surface area (Å²) >= 11 is 0. The van der Waals surface area contributed by atoms with Crippen LogP contribution >= 0.6 is 0 Å².